The number of aryl methyl sites for hydroxylation is 1. The van der Waals surface area contributed by atoms with Gasteiger partial charge in [-0.15, -0.1) is 11.3 Å². The summed E-state index contributed by atoms with van der Waals surface area (Å²) in [7, 11) is 1.57. The van der Waals surface area contributed by atoms with Crippen molar-refractivity contribution < 1.29 is 9.59 Å². The third-order valence-electron chi connectivity index (χ3n) is 2.65. The van der Waals surface area contributed by atoms with Crippen LogP contribution >= 0.6 is 11.3 Å². The zero-order valence-electron chi connectivity index (χ0n) is 11.7. The highest BCUT2D eigenvalue weighted by Gasteiger charge is 2.19. The summed E-state index contributed by atoms with van der Waals surface area (Å²) < 4.78 is 0. The molecule has 2 aromatic heterocycles. The Bertz CT molecular complexity index is 629. The van der Waals surface area contributed by atoms with E-state index in [4.69, 9.17) is 0 Å². The molecular weight excluding hydrogens is 290 g/mol. The van der Waals surface area contributed by atoms with E-state index in [2.05, 4.69) is 20.3 Å². The lowest BCUT2D eigenvalue weighted by Gasteiger charge is -2.15. The van der Waals surface area contributed by atoms with Gasteiger partial charge in [0.15, 0.2) is 0 Å². The predicted octanol–water partition coefficient (Wildman–Crippen LogP) is 0.516. The third-order valence-corrected chi connectivity index (χ3v) is 3.60. The second-order valence-electron chi connectivity index (χ2n) is 4.47. The molecule has 0 saturated heterocycles. The number of carbonyl (C=O) groups is 2. The van der Waals surface area contributed by atoms with Crippen molar-refractivity contribution in [1.29, 1.82) is 0 Å². The van der Waals surface area contributed by atoms with E-state index in [1.165, 1.54) is 22.6 Å². The number of hydrogen-bond acceptors (Lipinski definition) is 6. The van der Waals surface area contributed by atoms with Gasteiger partial charge in [-0.1, -0.05) is 0 Å². The van der Waals surface area contributed by atoms with E-state index >= 15 is 0 Å². The zero-order valence-corrected chi connectivity index (χ0v) is 12.6. The van der Waals surface area contributed by atoms with Crippen molar-refractivity contribution in [2.45, 2.75) is 20.0 Å². The summed E-state index contributed by atoms with van der Waals surface area (Å²) in [4.78, 5) is 37.0. The largest absolute Gasteiger partial charge is 0.344 e. The summed E-state index contributed by atoms with van der Waals surface area (Å²) >= 11 is 1.46. The first-order valence-corrected chi connectivity index (χ1v) is 7.12. The maximum absolute atomic E-state index is 11.9. The summed E-state index contributed by atoms with van der Waals surface area (Å²) in [5.41, 5.74) is 1.64. The maximum atomic E-state index is 11.9. The van der Waals surface area contributed by atoms with E-state index in [0.29, 0.717) is 6.54 Å². The van der Waals surface area contributed by atoms with Gasteiger partial charge in [-0.25, -0.2) is 15.0 Å². The first-order valence-electron chi connectivity index (χ1n) is 6.24. The number of amides is 2. The minimum absolute atomic E-state index is 0.218. The normalized spacial score (nSPS) is 10.2. The summed E-state index contributed by atoms with van der Waals surface area (Å²) in [5.74, 6) is -1.26. The molecule has 0 saturated carbocycles. The summed E-state index contributed by atoms with van der Waals surface area (Å²) in [6, 6.07) is 0. The van der Waals surface area contributed by atoms with Crippen LogP contribution < -0.4 is 5.32 Å². The van der Waals surface area contributed by atoms with E-state index in [1.54, 1.807) is 19.4 Å². The van der Waals surface area contributed by atoms with Crippen molar-refractivity contribution >= 4 is 23.2 Å². The lowest BCUT2D eigenvalue weighted by Crippen LogP contribution is -2.40. The molecule has 0 atom stereocenters. The first-order chi connectivity index (χ1) is 10.1. The number of likely N-dealkylation sites (N-methyl/N-ethyl adjacent to an activating group) is 1. The van der Waals surface area contributed by atoms with Gasteiger partial charge < -0.3 is 10.2 Å². The van der Waals surface area contributed by atoms with Gasteiger partial charge in [0.1, 0.15) is 11.3 Å². The Kier molecular flexibility index (Phi) is 4.94. The van der Waals surface area contributed by atoms with Crippen LogP contribution in [0.4, 0.5) is 0 Å². The average Bonchev–Trinajstić information content (AvgIpc) is 2.90. The molecule has 2 amide bonds. The smallest absolute Gasteiger partial charge is 0.312 e. The Labute approximate surface area is 126 Å². The highest BCUT2D eigenvalue weighted by Crippen LogP contribution is 2.10. The molecule has 21 heavy (non-hydrogen) atoms. The Morgan fingerprint density at radius 2 is 2.05 bits per heavy atom. The SMILES string of the molecule is Cc1csc(CN(C)C(=O)C(=O)NCc2cncnc2)n1. The molecule has 0 radical (unpaired) electrons. The first kappa shape index (κ1) is 15.0. The Morgan fingerprint density at radius 1 is 1.33 bits per heavy atom. The fourth-order valence-electron chi connectivity index (χ4n) is 1.60. The molecule has 7 nitrogen and oxygen atoms in total. The molecule has 0 aliphatic rings. The maximum Gasteiger partial charge on any atom is 0.312 e. The molecule has 2 heterocycles. The lowest BCUT2D eigenvalue weighted by atomic mass is 10.3. The molecule has 2 aromatic rings. The van der Waals surface area contributed by atoms with Crippen molar-refractivity contribution in [3.8, 4) is 0 Å². The fourth-order valence-corrected chi connectivity index (χ4v) is 2.43. The zero-order chi connectivity index (χ0) is 15.2. The molecule has 0 fully saturated rings. The average molecular weight is 305 g/mol. The Hall–Kier alpha value is -2.35. The number of carbonyl (C=O) groups excluding carboxylic acids is 2. The van der Waals surface area contributed by atoms with E-state index in [-0.39, 0.29) is 6.54 Å². The van der Waals surface area contributed by atoms with Crippen LogP contribution in [-0.2, 0) is 22.7 Å². The number of aromatic nitrogens is 3. The molecule has 0 unspecified atom stereocenters. The van der Waals surface area contributed by atoms with Gasteiger partial charge in [0.25, 0.3) is 0 Å². The molecule has 8 heteroatoms. The van der Waals surface area contributed by atoms with Crippen LogP contribution in [0.3, 0.4) is 0 Å². The topological polar surface area (TPSA) is 88.1 Å². The van der Waals surface area contributed by atoms with E-state index in [9.17, 15) is 9.59 Å². The van der Waals surface area contributed by atoms with E-state index < -0.39 is 11.8 Å². The molecule has 0 aliphatic carbocycles. The van der Waals surface area contributed by atoms with Crippen LogP contribution in [-0.4, -0.2) is 38.7 Å². The molecule has 0 aliphatic heterocycles. The van der Waals surface area contributed by atoms with Gasteiger partial charge in [-0.3, -0.25) is 9.59 Å². The molecule has 0 aromatic carbocycles. The molecule has 2 rings (SSSR count). The molecule has 0 bridgehead atoms. The summed E-state index contributed by atoms with van der Waals surface area (Å²) in [6.45, 7) is 2.42. The van der Waals surface area contributed by atoms with Crippen LogP contribution in [0.2, 0.25) is 0 Å². The molecule has 0 spiro atoms. The molecule has 1 N–H and O–H groups in total. The van der Waals surface area contributed by atoms with Crippen LogP contribution in [0.1, 0.15) is 16.3 Å². The van der Waals surface area contributed by atoms with Gasteiger partial charge in [0.2, 0.25) is 0 Å². The van der Waals surface area contributed by atoms with Gasteiger partial charge in [0.05, 0.1) is 6.54 Å². The standard InChI is InChI=1S/C13H15N5O2S/c1-9-7-21-11(17-9)6-18(2)13(20)12(19)16-5-10-3-14-8-15-4-10/h3-4,7-8H,5-6H2,1-2H3,(H,16,19). The predicted molar refractivity (Wildman–Crippen MR) is 77.2 cm³/mol. The Morgan fingerprint density at radius 3 is 2.67 bits per heavy atom. The number of hydrogen-bond donors (Lipinski definition) is 1. The van der Waals surface area contributed by atoms with Gasteiger partial charge in [-0.2, -0.15) is 0 Å². The number of thiazole rings is 1. The lowest BCUT2D eigenvalue weighted by molar-refractivity contribution is -0.145. The quantitative estimate of drug-likeness (QED) is 0.832. The molecular formula is C13H15N5O2S. The highest BCUT2D eigenvalue weighted by atomic mass is 32.1. The molecule has 110 valence electrons. The fraction of sp³-hybridized carbons (Fsp3) is 0.308. The van der Waals surface area contributed by atoms with Gasteiger partial charge in [-0.05, 0) is 6.92 Å². The van der Waals surface area contributed by atoms with Crippen LogP contribution in [0.25, 0.3) is 0 Å². The van der Waals surface area contributed by atoms with Crippen LogP contribution in [0, 0.1) is 6.92 Å². The highest BCUT2D eigenvalue weighted by molar-refractivity contribution is 7.09. The number of rotatable bonds is 4. The monoisotopic (exact) mass is 305 g/mol. The second-order valence-corrected chi connectivity index (χ2v) is 5.42. The van der Waals surface area contributed by atoms with E-state index in [1.807, 2.05) is 12.3 Å². The third kappa shape index (κ3) is 4.32. The van der Waals surface area contributed by atoms with Crippen LogP contribution in [0.15, 0.2) is 24.1 Å². The van der Waals surface area contributed by atoms with Crippen molar-refractivity contribution in [2.75, 3.05) is 7.05 Å². The van der Waals surface area contributed by atoms with Crippen molar-refractivity contribution in [3.63, 3.8) is 0 Å². The number of nitrogens with one attached hydrogen (secondary N) is 1. The summed E-state index contributed by atoms with van der Waals surface area (Å²) in [6.07, 6.45) is 4.57. The van der Waals surface area contributed by atoms with E-state index in [0.717, 1.165) is 16.3 Å². The minimum atomic E-state index is -0.658. The minimum Gasteiger partial charge on any atom is -0.344 e. The second kappa shape index (κ2) is 6.89. The van der Waals surface area contributed by atoms with Crippen molar-refractivity contribution in [2.24, 2.45) is 0 Å². The Balaban J connectivity index is 1.85. The van der Waals surface area contributed by atoms with Crippen molar-refractivity contribution in [3.05, 3.63) is 40.4 Å². The van der Waals surface area contributed by atoms with Gasteiger partial charge >= 0.3 is 11.8 Å². The van der Waals surface area contributed by atoms with Crippen molar-refractivity contribution in [1.82, 2.24) is 25.2 Å². The summed E-state index contributed by atoms with van der Waals surface area (Å²) in [5, 5.41) is 5.25. The van der Waals surface area contributed by atoms with Gasteiger partial charge in [0, 0.05) is 42.6 Å². The number of nitrogens with zero attached hydrogens (tertiary/aromatic N) is 4. The van der Waals surface area contributed by atoms with Crippen LogP contribution in [0.5, 0.6) is 0 Å².